The van der Waals surface area contributed by atoms with Crippen LogP contribution in [0.1, 0.15) is 0 Å². The fraction of sp³-hybridized carbons (Fsp3) is 0.0278. The number of carbonyl (C=O) groups excluding carboxylic acids is 1. The Bertz CT molecular complexity index is 2240. The van der Waals surface area contributed by atoms with E-state index in [0.717, 1.165) is 43.8 Å². The molecule has 3 N–H and O–H groups in total. The first-order valence-electron chi connectivity index (χ1n) is 14.8. The summed E-state index contributed by atoms with van der Waals surface area (Å²) in [4.78, 5) is 49.1. The second-order valence-electron chi connectivity index (χ2n) is 10.7. The first kappa shape index (κ1) is 30.4. The van der Waals surface area contributed by atoms with Crippen molar-refractivity contribution in [3.05, 3.63) is 110 Å². The van der Waals surface area contributed by atoms with Crippen molar-refractivity contribution in [3.63, 3.8) is 0 Å². The van der Waals surface area contributed by atoms with Crippen molar-refractivity contribution in [2.45, 2.75) is 0 Å². The summed E-state index contributed by atoms with van der Waals surface area (Å²) in [5, 5.41) is 5.89. The molecule has 2 aliphatic rings. The number of hydrogen-bond donors (Lipinski definition) is 2. The van der Waals surface area contributed by atoms with E-state index in [0.29, 0.717) is 52.4 Å². The molecule has 12 heteroatoms. The van der Waals surface area contributed by atoms with Crippen LogP contribution < -0.4 is 21.0 Å². The van der Waals surface area contributed by atoms with Crippen LogP contribution >= 0.6 is 0 Å². The largest absolute Gasteiger partial charge is 2.00 e. The van der Waals surface area contributed by atoms with Crippen molar-refractivity contribution in [1.29, 1.82) is 0 Å². The van der Waals surface area contributed by atoms with E-state index >= 15 is 0 Å². The molecule has 0 saturated heterocycles. The van der Waals surface area contributed by atoms with Crippen LogP contribution in [-0.4, -0.2) is 42.5 Å². The Kier molecular flexibility index (Phi) is 7.93. The van der Waals surface area contributed by atoms with Gasteiger partial charge >= 0.3 is 23.1 Å². The van der Waals surface area contributed by atoms with Crippen LogP contribution in [0.15, 0.2) is 110 Å². The average molecular weight is 676 g/mol. The van der Waals surface area contributed by atoms with E-state index in [-0.39, 0.29) is 17.1 Å². The summed E-state index contributed by atoms with van der Waals surface area (Å²) in [6.07, 6.45) is 1.56. The second kappa shape index (κ2) is 12.5. The number of rotatable bonds is 2. The maximum atomic E-state index is 9.82. The topological polar surface area (TPSA) is 161 Å². The van der Waals surface area contributed by atoms with E-state index in [1.54, 1.807) is 6.08 Å². The van der Waals surface area contributed by atoms with Gasteiger partial charge in [-0.05, 0) is 21.5 Å². The summed E-state index contributed by atoms with van der Waals surface area (Å²) in [5.41, 5.74) is 10.5. The summed E-state index contributed by atoms with van der Waals surface area (Å²) in [6.45, 7) is 3.80. The van der Waals surface area contributed by atoms with Crippen molar-refractivity contribution < 1.29 is 21.9 Å². The molecular weight excluding hydrogens is 652 g/mol. The number of hydrogen-bond acceptors (Lipinski definition) is 7. The summed E-state index contributed by atoms with van der Waals surface area (Å²) in [6, 6.07) is 31.3. The van der Waals surface area contributed by atoms with Crippen LogP contribution in [0, 0.1) is 0 Å². The number of nitrogens with zero attached hydrogens (tertiary/aromatic N) is 8. The van der Waals surface area contributed by atoms with Gasteiger partial charge in [0.1, 0.15) is 0 Å². The number of nitrogens with two attached hydrogens (primary N) is 1. The molecule has 0 fully saturated rings. The molecule has 0 unspecified atom stereocenters. The zero-order valence-corrected chi connectivity index (χ0v) is 26.0. The number of benzene rings is 4. The predicted octanol–water partition coefficient (Wildman–Crippen LogP) is 5.97. The van der Waals surface area contributed by atoms with Crippen LogP contribution in [0.5, 0.6) is 0 Å². The molecule has 8 bridgehead atoms. The van der Waals surface area contributed by atoms with Gasteiger partial charge in [-0.2, -0.15) is 0 Å². The predicted molar refractivity (Wildman–Crippen MR) is 182 cm³/mol. The first-order chi connectivity index (χ1) is 23.1. The number of primary amides is 1. The van der Waals surface area contributed by atoms with Crippen LogP contribution in [0.3, 0.4) is 0 Å². The third-order valence-corrected chi connectivity index (χ3v) is 7.75. The van der Waals surface area contributed by atoms with Gasteiger partial charge in [-0.1, -0.05) is 103 Å². The van der Waals surface area contributed by atoms with Crippen molar-refractivity contribution in [1.82, 2.24) is 45.2 Å². The van der Waals surface area contributed by atoms with Crippen molar-refractivity contribution >= 4 is 50.2 Å². The standard InChI is InChI=1S/C32H16N8.C4H8N2O.Cu/c1-2-10-18-17(9-1)25-33-26(18)38-28-21-13-5-6-14-22(21)30(35-28)40-32-24-16-8-7-15-23(24)31(36-32)39-29-20-12-4-3-11-19(20)27(34-29)37-25;1-2-3-6-4(5)7;/h1-16H;2H,1,3H2,(H3,5,6,7);/q-2;;+2. The summed E-state index contributed by atoms with van der Waals surface area (Å²) in [5.74, 6) is 2.21. The minimum absolute atomic E-state index is 0. The molecule has 48 heavy (non-hydrogen) atoms. The monoisotopic (exact) mass is 675 g/mol. The van der Waals surface area contributed by atoms with Gasteiger partial charge in [0, 0.05) is 51.4 Å². The molecule has 0 atom stereocenters. The van der Waals surface area contributed by atoms with Gasteiger partial charge in [-0.25, -0.2) is 14.8 Å². The van der Waals surface area contributed by atoms with Crippen LogP contribution in [0.25, 0.3) is 89.7 Å². The molecule has 1 radical (unpaired) electrons. The number of urea groups is 1. The first-order valence-corrected chi connectivity index (χ1v) is 14.8. The van der Waals surface area contributed by atoms with E-state index in [1.807, 2.05) is 97.1 Å². The molecule has 0 spiro atoms. The van der Waals surface area contributed by atoms with Gasteiger partial charge in [-0.3, -0.25) is 0 Å². The second-order valence-corrected chi connectivity index (χ2v) is 10.7. The Morgan fingerprint density at radius 1 is 0.562 bits per heavy atom. The van der Waals surface area contributed by atoms with Crippen molar-refractivity contribution in [3.8, 4) is 45.6 Å². The number of fused-ring (bicyclic) bond motifs is 20. The fourth-order valence-electron chi connectivity index (χ4n) is 5.63. The third kappa shape index (κ3) is 5.34. The molecule has 4 aromatic carbocycles. The average Bonchev–Trinajstić information content (AvgIpc) is 3.83. The number of amides is 2. The molecule has 2 aliphatic heterocycles. The van der Waals surface area contributed by atoms with E-state index in [9.17, 15) is 4.79 Å². The van der Waals surface area contributed by atoms with E-state index in [1.165, 1.54) is 0 Å². The third-order valence-electron chi connectivity index (χ3n) is 7.75. The Labute approximate surface area is 284 Å². The zero-order chi connectivity index (χ0) is 31.9. The minimum Gasteiger partial charge on any atom is -0.357 e. The van der Waals surface area contributed by atoms with Gasteiger partial charge in [0.15, 0.2) is 0 Å². The van der Waals surface area contributed by atoms with Gasteiger partial charge in [0.2, 0.25) is 0 Å². The molecule has 0 aliphatic carbocycles. The molecule has 3 aromatic heterocycles. The molecule has 5 heterocycles. The van der Waals surface area contributed by atoms with E-state index in [2.05, 4.69) is 17.6 Å². The van der Waals surface area contributed by atoms with Gasteiger partial charge in [0.25, 0.3) is 0 Å². The van der Waals surface area contributed by atoms with Crippen LogP contribution in [-0.2, 0) is 17.1 Å². The summed E-state index contributed by atoms with van der Waals surface area (Å²) >= 11 is 0. The van der Waals surface area contributed by atoms with Crippen molar-refractivity contribution in [2.75, 3.05) is 6.54 Å². The Hall–Kier alpha value is -6.23. The van der Waals surface area contributed by atoms with Crippen molar-refractivity contribution in [2.24, 2.45) is 5.73 Å². The Morgan fingerprint density at radius 3 is 1.10 bits per heavy atom. The minimum atomic E-state index is -0.514. The Balaban J connectivity index is 0.000000415. The molecule has 11 nitrogen and oxygen atoms in total. The zero-order valence-electron chi connectivity index (χ0n) is 25.1. The Morgan fingerprint density at radius 2 is 0.854 bits per heavy atom. The maximum absolute atomic E-state index is 9.82. The van der Waals surface area contributed by atoms with Gasteiger partial charge in [0.05, 0.1) is 23.3 Å². The molecule has 9 rings (SSSR count). The van der Waals surface area contributed by atoms with E-state index < -0.39 is 6.03 Å². The number of aromatic nitrogens is 8. The number of carbonyl (C=O) groups is 1. The molecule has 0 saturated carbocycles. The molecule has 2 amide bonds. The molecular formula is C36H24CuN10O. The van der Waals surface area contributed by atoms with Gasteiger partial charge in [-0.15, -0.1) is 6.58 Å². The normalized spacial score (nSPS) is 11.1. The maximum Gasteiger partial charge on any atom is 2.00 e. The quantitative estimate of drug-likeness (QED) is 0.166. The summed E-state index contributed by atoms with van der Waals surface area (Å²) in [7, 11) is 0. The van der Waals surface area contributed by atoms with Crippen LogP contribution in [0.4, 0.5) is 4.79 Å². The van der Waals surface area contributed by atoms with E-state index in [4.69, 9.17) is 39.9 Å². The number of nitrogens with one attached hydrogen (secondary N) is 1. The smallest absolute Gasteiger partial charge is 0.357 e. The molecule has 235 valence electrons. The summed E-state index contributed by atoms with van der Waals surface area (Å²) < 4.78 is 0. The molecule has 7 aromatic rings. The fourth-order valence-corrected chi connectivity index (χ4v) is 5.63. The SMILES string of the molecule is C=CCNC(N)=O.[Cu+2].c1ccc2c(c1)-c1nc-2nc2[n-]c(nc3nc(nc4[n-]c(n1)c1ccccc41)-c1ccccc1-3)c1ccccc21. The van der Waals surface area contributed by atoms with Crippen LogP contribution in [0.2, 0.25) is 0 Å². The van der Waals surface area contributed by atoms with Gasteiger partial charge < -0.3 is 41.0 Å².